The van der Waals surface area contributed by atoms with Gasteiger partial charge in [0.05, 0.1) is 61.0 Å². The summed E-state index contributed by atoms with van der Waals surface area (Å²) in [7, 11) is 0. The monoisotopic (exact) mass is 216 g/mol. The first kappa shape index (κ1) is 13.9. The molecule has 6 heteroatoms. The molecule has 0 aromatic heterocycles. The van der Waals surface area contributed by atoms with E-state index in [2.05, 4.69) is 0 Å². The molecule has 0 atom stereocenters. The Labute approximate surface area is 94.3 Å². The quantitative estimate of drug-likeness (QED) is 0.662. The van der Waals surface area contributed by atoms with E-state index in [1.165, 1.54) is 0 Å². The molecule has 0 aliphatic rings. The van der Waals surface area contributed by atoms with Crippen LogP contribution in [0.3, 0.4) is 0 Å². The zero-order valence-electron chi connectivity index (χ0n) is 8.77. The molecule has 4 N–H and O–H groups in total. The highest BCUT2D eigenvalue weighted by Gasteiger charge is 2.46. The molecule has 0 aromatic carbocycles. The van der Waals surface area contributed by atoms with Crippen LogP contribution >= 0.6 is 0 Å². The summed E-state index contributed by atoms with van der Waals surface area (Å²) in [5.41, 5.74) is 9.13. The molecule has 0 aliphatic carbocycles. The zero-order valence-corrected chi connectivity index (χ0v) is 8.77. The van der Waals surface area contributed by atoms with Crippen LogP contribution in [0.4, 0.5) is 0 Å². The summed E-state index contributed by atoms with van der Waals surface area (Å²) < 4.78 is 0. The fourth-order valence-corrected chi connectivity index (χ4v) is 1.39. The summed E-state index contributed by atoms with van der Waals surface area (Å²) in [6.45, 7) is 0. The van der Waals surface area contributed by atoms with Crippen LogP contribution in [0.25, 0.3) is 0 Å². The maximum absolute atomic E-state index is 8.67. The molecule has 0 saturated heterocycles. The average molecular weight is 216 g/mol. The molecular formula is C10H12N6. The van der Waals surface area contributed by atoms with Gasteiger partial charge < -0.3 is 11.5 Å². The Morgan fingerprint density at radius 1 is 0.625 bits per heavy atom. The molecule has 0 aliphatic heterocycles. The summed E-state index contributed by atoms with van der Waals surface area (Å²) in [6, 6.07) is 7.36. The lowest BCUT2D eigenvalue weighted by Gasteiger charge is -2.40. The molecule has 0 rings (SSSR count). The van der Waals surface area contributed by atoms with Crippen LogP contribution in [-0.2, 0) is 0 Å². The van der Waals surface area contributed by atoms with E-state index in [1.807, 2.05) is 24.3 Å². The van der Waals surface area contributed by atoms with Crippen LogP contribution in [0.15, 0.2) is 0 Å². The summed E-state index contributed by atoms with van der Waals surface area (Å²) in [6.07, 6.45) is -0.665. The molecule has 0 amide bonds. The molecule has 0 radical (unpaired) electrons. The summed E-state index contributed by atoms with van der Waals surface area (Å²) in [5, 5.41) is 34.7. The van der Waals surface area contributed by atoms with Crippen LogP contribution < -0.4 is 11.5 Å². The summed E-state index contributed by atoms with van der Waals surface area (Å²) >= 11 is 0. The van der Waals surface area contributed by atoms with Gasteiger partial charge in [-0.15, -0.1) is 0 Å². The Bertz CT molecular complexity index is 327. The first-order valence-corrected chi connectivity index (χ1v) is 4.55. The first-order chi connectivity index (χ1) is 7.49. The average Bonchev–Trinajstić information content (AvgIpc) is 2.19. The van der Waals surface area contributed by atoms with E-state index in [9.17, 15) is 0 Å². The molecule has 0 bridgehead atoms. The van der Waals surface area contributed by atoms with Gasteiger partial charge in [0.15, 0.2) is 0 Å². The van der Waals surface area contributed by atoms with Gasteiger partial charge in [0.2, 0.25) is 0 Å². The minimum absolute atomic E-state index is 0.166. The van der Waals surface area contributed by atoms with Gasteiger partial charge in [-0.1, -0.05) is 0 Å². The fourth-order valence-electron chi connectivity index (χ4n) is 1.39. The van der Waals surface area contributed by atoms with Crippen LogP contribution in [0.1, 0.15) is 25.7 Å². The lowest BCUT2D eigenvalue weighted by molar-refractivity contribution is 0.231. The molecule has 82 valence electrons. The van der Waals surface area contributed by atoms with Crippen molar-refractivity contribution in [3.05, 3.63) is 0 Å². The Morgan fingerprint density at radius 2 is 0.812 bits per heavy atom. The van der Waals surface area contributed by atoms with Crippen LogP contribution in [0, 0.1) is 45.3 Å². The summed E-state index contributed by atoms with van der Waals surface area (Å²) in [5.74, 6) is 0. The number of hydrogen-bond donors (Lipinski definition) is 2. The Hall–Kier alpha value is -2.12. The van der Waals surface area contributed by atoms with Gasteiger partial charge in [-0.2, -0.15) is 21.0 Å². The molecule has 0 aromatic rings. The van der Waals surface area contributed by atoms with Crippen molar-refractivity contribution in [1.82, 2.24) is 0 Å². The van der Waals surface area contributed by atoms with Crippen LogP contribution in [-0.4, -0.2) is 11.1 Å². The van der Waals surface area contributed by atoms with Gasteiger partial charge in [0.1, 0.15) is 0 Å². The van der Waals surface area contributed by atoms with Crippen molar-refractivity contribution in [3.8, 4) is 24.3 Å². The standard InChI is InChI=1S/C10H12N6/c11-5-1-9(15,2-6-12)10(16,3-7-13)4-8-14/h1-4,15-16H2. The van der Waals surface area contributed by atoms with E-state index < -0.39 is 11.1 Å². The second kappa shape index (κ2) is 5.69. The van der Waals surface area contributed by atoms with Crippen molar-refractivity contribution in [1.29, 1.82) is 21.0 Å². The molecule has 6 nitrogen and oxygen atoms in total. The molecular weight excluding hydrogens is 204 g/mol. The maximum atomic E-state index is 8.67. The van der Waals surface area contributed by atoms with Gasteiger partial charge in [-0.05, 0) is 0 Å². The third kappa shape index (κ3) is 2.69. The van der Waals surface area contributed by atoms with Crippen molar-refractivity contribution in [2.24, 2.45) is 11.5 Å². The fraction of sp³-hybridized carbons (Fsp3) is 0.600. The van der Waals surface area contributed by atoms with Crippen molar-refractivity contribution < 1.29 is 0 Å². The van der Waals surface area contributed by atoms with E-state index in [1.54, 1.807) is 0 Å². The van der Waals surface area contributed by atoms with Crippen molar-refractivity contribution in [3.63, 3.8) is 0 Å². The van der Waals surface area contributed by atoms with E-state index >= 15 is 0 Å². The SMILES string of the molecule is N#CCC(N)(CC#N)C(N)(CC#N)CC#N. The number of nitriles is 4. The molecule has 0 unspecified atom stereocenters. The molecule has 16 heavy (non-hydrogen) atoms. The van der Waals surface area contributed by atoms with Gasteiger partial charge in [0, 0.05) is 0 Å². The topological polar surface area (TPSA) is 147 Å². The lowest BCUT2D eigenvalue weighted by atomic mass is 9.70. The van der Waals surface area contributed by atoms with Gasteiger partial charge in [-0.3, -0.25) is 0 Å². The Balaban J connectivity index is 5.30. The van der Waals surface area contributed by atoms with Crippen LogP contribution in [0.2, 0.25) is 0 Å². The Kier molecular flexibility index (Phi) is 4.93. The second-order valence-corrected chi connectivity index (χ2v) is 3.65. The van der Waals surface area contributed by atoms with Gasteiger partial charge in [0.25, 0.3) is 0 Å². The minimum atomic E-state index is -1.33. The van der Waals surface area contributed by atoms with Crippen molar-refractivity contribution in [2.45, 2.75) is 36.8 Å². The predicted molar refractivity (Wildman–Crippen MR) is 54.8 cm³/mol. The minimum Gasteiger partial charge on any atom is -0.322 e. The first-order valence-electron chi connectivity index (χ1n) is 4.55. The number of nitrogens with zero attached hydrogens (tertiary/aromatic N) is 4. The van der Waals surface area contributed by atoms with E-state index in [-0.39, 0.29) is 25.7 Å². The number of hydrogen-bond acceptors (Lipinski definition) is 6. The highest BCUT2D eigenvalue weighted by atomic mass is 14.9. The highest BCUT2D eigenvalue weighted by Crippen LogP contribution is 2.30. The van der Waals surface area contributed by atoms with Gasteiger partial charge >= 0.3 is 0 Å². The molecule has 0 heterocycles. The summed E-state index contributed by atoms with van der Waals surface area (Å²) in [4.78, 5) is 0. The third-order valence-electron chi connectivity index (χ3n) is 2.57. The smallest absolute Gasteiger partial charge is 0.0642 e. The van der Waals surface area contributed by atoms with E-state index in [4.69, 9.17) is 32.5 Å². The van der Waals surface area contributed by atoms with Crippen LogP contribution in [0.5, 0.6) is 0 Å². The molecule has 0 saturated carbocycles. The van der Waals surface area contributed by atoms with E-state index in [0.717, 1.165) is 0 Å². The number of rotatable bonds is 5. The predicted octanol–water partition coefficient (Wildman–Crippen LogP) is 0.0361. The Morgan fingerprint density at radius 3 is 0.938 bits per heavy atom. The zero-order chi connectivity index (χ0) is 12.7. The maximum Gasteiger partial charge on any atom is 0.0642 e. The molecule has 0 spiro atoms. The lowest BCUT2D eigenvalue weighted by Crippen LogP contribution is -2.65. The second-order valence-electron chi connectivity index (χ2n) is 3.65. The van der Waals surface area contributed by atoms with Crippen molar-refractivity contribution >= 4 is 0 Å². The largest absolute Gasteiger partial charge is 0.322 e. The van der Waals surface area contributed by atoms with Crippen molar-refractivity contribution in [2.75, 3.05) is 0 Å². The van der Waals surface area contributed by atoms with Gasteiger partial charge in [-0.25, -0.2) is 0 Å². The normalized spacial score (nSPS) is 10.6. The highest BCUT2D eigenvalue weighted by molar-refractivity contribution is 5.18. The third-order valence-corrected chi connectivity index (χ3v) is 2.57. The number of nitrogens with two attached hydrogens (primary N) is 2. The van der Waals surface area contributed by atoms with E-state index in [0.29, 0.717) is 0 Å². The molecule has 0 fully saturated rings.